The van der Waals surface area contributed by atoms with Gasteiger partial charge in [-0.05, 0) is 42.0 Å². The Labute approximate surface area is 177 Å². The van der Waals surface area contributed by atoms with Crippen LogP contribution < -0.4 is 16.2 Å². The number of nitrogens with zero attached hydrogens (tertiary/aromatic N) is 3. The molecule has 1 aliphatic rings. The molecule has 154 valence electrons. The normalized spacial score (nSPS) is 17.1. The Morgan fingerprint density at radius 1 is 1.19 bits per heavy atom. The second-order valence-electron chi connectivity index (χ2n) is 7.30. The van der Waals surface area contributed by atoms with Crippen LogP contribution in [0.15, 0.2) is 59.7 Å². The molecule has 2 aromatic carbocycles. The molecule has 3 aromatic rings. The number of nitrogen functional groups attached to an aromatic ring is 1. The zero-order chi connectivity index (χ0) is 22.2. The average molecular weight is 415 g/mol. The number of ketones is 1. The SMILES string of the molecule is CC1(c2cc(CC(=O)c3ccc(C#N)cn3)ccc2F)N=C(N)c2ccc(N)cc2O1. The van der Waals surface area contributed by atoms with Crippen LogP contribution in [0.2, 0.25) is 0 Å². The highest BCUT2D eigenvalue weighted by Gasteiger charge is 2.36. The predicted octanol–water partition coefficient (Wildman–Crippen LogP) is 3.07. The van der Waals surface area contributed by atoms with Gasteiger partial charge in [0.05, 0.1) is 16.7 Å². The molecule has 4 rings (SSSR count). The van der Waals surface area contributed by atoms with Crippen molar-refractivity contribution in [2.75, 3.05) is 5.73 Å². The average Bonchev–Trinajstić information content (AvgIpc) is 2.74. The first kappa shape index (κ1) is 20.0. The summed E-state index contributed by atoms with van der Waals surface area (Å²) in [5.74, 6) is -0.207. The molecule has 0 amide bonds. The van der Waals surface area contributed by atoms with Crippen molar-refractivity contribution in [1.29, 1.82) is 5.26 Å². The summed E-state index contributed by atoms with van der Waals surface area (Å²) in [4.78, 5) is 21.0. The lowest BCUT2D eigenvalue weighted by atomic mass is 9.97. The van der Waals surface area contributed by atoms with Crippen LogP contribution in [0.25, 0.3) is 0 Å². The van der Waals surface area contributed by atoms with E-state index in [-0.39, 0.29) is 29.3 Å². The number of aliphatic imine (C=N–C) groups is 1. The third-order valence-electron chi connectivity index (χ3n) is 5.00. The summed E-state index contributed by atoms with van der Waals surface area (Å²) in [6, 6.07) is 14.3. The first-order valence-electron chi connectivity index (χ1n) is 9.41. The maximum atomic E-state index is 14.8. The molecular weight excluding hydrogens is 397 g/mol. The van der Waals surface area contributed by atoms with Gasteiger partial charge in [-0.2, -0.15) is 5.26 Å². The molecule has 4 N–H and O–H groups in total. The smallest absolute Gasteiger partial charge is 0.228 e. The van der Waals surface area contributed by atoms with E-state index < -0.39 is 11.5 Å². The van der Waals surface area contributed by atoms with Crippen molar-refractivity contribution in [3.05, 3.63) is 88.5 Å². The van der Waals surface area contributed by atoms with Crippen molar-refractivity contribution in [3.8, 4) is 11.8 Å². The van der Waals surface area contributed by atoms with Gasteiger partial charge < -0.3 is 16.2 Å². The largest absolute Gasteiger partial charge is 0.461 e. The van der Waals surface area contributed by atoms with Crippen molar-refractivity contribution in [1.82, 2.24) is 4.98 Å². The highest BCUT2D eigenvalue weighted by molar-refractivity contribution is 6.01. The number of aromatic nitrogens is 1. The standard InChI is InChI=1S/C23H18FN5O2/c1-23(29-22(27)16-5-4-15(26)10-21(16)31-23)17-8-13(2-6-18(17)24)9-20(30)19-7-3-14(11-25)12-28-19/h2-8,10,12H,9,26H2,1H3,(H2,27,29). The van der Waals surface area contributed by atoms with E-state index in [0.29, 0.717) is 28.1 Å². The number of benzene rings is 2. The minimum Gasteiger partial charge on any atom is -0.461 e. The van der Waals surface area contributed by atoms with E-state index in [0.717, 1.165) is 0 Å². The second-order valence-corrected chi connectivity index (χ2v) is 7.30. The van der Waals surface area contributed by atoms with Gasteiger partial charge in [-0.1, -0.05) is 6.07 Å². The first-order chi connectivity index (χ1) is 14.8. The lowest BCUT2D eigenvalue weighted by Gasteiger charge is -2.33. The van der Waals surface area contributed by atoms with Crippen LogP contribution in [0.3, 0.4) is 0 Å². The molecular formula is C23H18FN5O2. The molecule has 0 aliphatic carbocycles. The number of hydrogen-bond acceptors (Lipinski definition) is 7. The number of nitriles is 1. The monoisotopic (exact) mass is 415 g/mol. The van der Waals surface area contributed by atoms with Crippen LogP contribution in [0.5, 0.6) is 5.75 Å². The molecule has 1 unspecified atom stereocenters. The molecule has 0 spiro atoms. The summed E-state index contributed by atoms with van der Waals surface area (Å²) in [6.07, 6.45) is 1.33. The third-order valence-corrected chi connectivity index (χ3v) is 5.00. The van der Waals surface area contributed by atoms with E-state index in [1.54, 1.807) is 25.1 Å². The van der Waals surface area contributed by atoms with Crippen molar-refractivity contribution < 1.29 is 13.9 Å². The molecule has 0 saturated heterocycles. The molecule has 1 aromatic heterocycles. The third kappa shape index (κ3) is 3.81. The Balaban J connectivity index is 1.66. The van der Waals surface area contributed by atoms with Crippen LogP contribution >= 0.6 is 0 Å². The number of anilines is 1. The lowest BCUT2D eigenvalue weighted by Crippen LogP contribution is -2.36. The fourth-order valence-electron chi connectivity index (χ4n) is 3.42. The van der Waals surface area contributed by atoms with Gasteiger partial charge in [0.25, 0.3) is 0 Å². The van der Waals surface area contributed by atoms with Gasteiger partial charge in [0, 0.05) is 31.3 Å². The molecule has 0 radical (unpaired) electrons. The van der Waals surface area contributed by atoms with Crippen LogP contribution in [0.1, 0.15) is 39.7 Å². The summed E-state index contributed by atoms with van der Waals surface area (Å²) < 4.78 is 20.8. The number of carbonyl (C=O) groups is 1. The molecule has 7 nitrogen and oxygen atoms in total. The van der Waals surface area contributed by atoms with Gasteiger partial charge >= 0.3 is 0 Å². The summed E-state index contributed by atoms with van der Waals surface area (Å²) in [5.41, 5.74) is 12.8. The van der Waals surface area contributed by atoms with E-state index in [1.807, 2.05) is 6.07 Å². The Bertz CT molecular complexity index is 1260. The maximum absolute atomic E-state index is 14.8. The van der Waals surface area contributed by atoms with Crippen LogP contribution in [-0.2, 0) is 12.1 Å². The number of rotatable bonds is 4. The zero-order valence-corrected chi connectivity index (χ0v) is 16.6. The van der Waals surface area contributed by atoms with E-state index in [2.05, 4.69) is 9.98 Å². The first-order valence-corrected chi connectivity index (χ1v) is 9.41. The zero-order valence-electron chi connectivity index (χ0n) is 16.6. The topological polar surface area (TPSA) is 127 Å². The number of fused-ring (bicyclic) bond motifs is 1. The van der Waals surface area contributed by atoms with Crippen LogP contribution in [0.4, 0.5) is 10.1 Å². The van der Waals surface area contributed by atoms with E-state index in [9.17, 15) is 9.18 Å². The van der Waals surface area contributed by atoms with Gasteiger partial charge in [-0.3, -0.25) is 9.78 Å². The fourth-order valence-corrected chi connectivity index (χ4v) is 3.42. The predicted molar refractivity (Wildman–Crippen MR) is 113 cm³/mol. The number of halogens is 1. The number of pyridine rings is 1. The maximum Gasteiger partial charge on any atom is 0.228 e. The molecule has 8 heteroatoms. The number of hydrogen-bond donors (Lipinski definition) is 2. The van der Waals surface area contributed by atoms with Gasteiger partial charge in [0.1, 0.15) is 29.2 Å². The Morgan fingerprint density at radius 2 is 2.00 bits per heavy atom. The molecule has 0 saturated carbocycles. The van der Waals surface area contributed by atoms with Gasteiger partial charge in [-0.25, -0.2) is 9.38 Å². The lowest BCUT2D eigenvalue weighted by molar-refractivity contribution is 0.0882. The summed E-state index contributed by atoms with van der Waals surface area (Å²) >= 11 is 0. The van der Waals surface area contributed by atoms with Gasteiger partial charge in [0.2, 0.25) is 5.72 Å². The van der Waals surface area contributed by atoms with Crippen LogP contribution in [0, 0.1) is 17.1 Å². The van der Waals surface area contributed by atoms with E-state index >= 15 is 0 Å². The van der Waals surface area contributed by atoms with Crippen molar-refractivity contribution in [2.24, 2.45) is 10.7 Å². The molecule has 0 fully saturated rings. The van der Waals surface area contributed by atoms with E-state index in [4.69, 9.17) is 21.5 Å². The molecule has 0 bridgehead atoms. The number of Topliss-reactive ketones (excluding diaryl/α,β-unsaturated/α-hetero) is 1. The van der Waals surface area contributed by atoms with Crippen molar-refractivity contribution in [3.63, 3.8) is 0 Å². The summed E-state index contributed by atoms with van der Waals surface area (Å²) in [6.45, 7) is 1.60. The number of nitrogens with two attached hydrogens (primary N) is 2. The fraction of sp³-hybridized carbons (Fsp3) is 0.130. The summed E-state index contributed by atoms with van der Waals surface area (Å²) in [7, 11) is 0. The van der Waals surface area contributed by atoms with Crippen molar-refractivity contribution >= 4 is 17.3 Å². The Hall–Kier alpha value is -4.25. The Kier molecular flexibility index (Phi) is 4.87. The van der Waals surface area contributed by atoms with Gasteiger partial charge in [-0.15, -0.1) is 0 Å². The molecule has 1 aliphatic heterocycles. The molecule has 1 atom stereocenters. The minimum absolute atomic E-state index is 0.00894. The summed E-state index contributed by atoms with van der Waals surface area (Å²) in [5, 5.41) is 8.85. The highest BCUT2D eigenvalue weighted by Crippen LogP contribution is 2.38. The van der Waals surface area contributed by atoms with Crippen molar-refractivity contribution in [2.45, 2.75) is 19.1 Å². The van der Waals surface area contributed by atoms with Crippen LogP contribution in [-0.4, -0.2) is 16.6 Å². The van der Waals surface area contributed by atoms with Gasteiger partial charge in [0.15, 0.2) is 5.78 Å². The Morgan fingerprint density at radius 3 is 2.71 bits per heavy atom. The quantitative estimate of drug-likeness (QED) is 0.498. The number of ether oxygens (including phenoxy) is 1. The highest BCUT2D eigenvalue weighted by atomic mass is 19.1. The minimum atomic E-state index is -1.43. The number of amidine groups is 1. The second kappa shape index (κ2) is 7.54. The van der Waals surface area contributed by atoms with E-state index in [1.165, 1.54) is 36.5 Å². The number of carbonyl (C=O) groups excluding carboxylic acids is 1. The molecule has 31 heavy (non-hydrogen) atoms. The molecule has 2 heterocycles.